The molecular formula is C19H19NO6. The number of amides is 1. The molecule has 136 valence electrons. The first-order chi connectivity index (χ1) is 12.6. The van der Waals surface area contributed by atoms with Crippen LogP contribution in [0.3, 0.4) is 0 Å². The number of carbonyl (C=O) groups excluding carboxylic acids is 1. The summed E-state index contributed by atoms with van der Waals surface area (Å²) in [6.07, 6.45) is -0.225. The lowest BCUT2D eigenvalue weighted by Gasteiger charge is -2.22. The maximum atomic E-state index is 12.7. The zero-order valence-electron chi connectivity index (χ0n) is 14.2. The largest absolute Gasteiger partial charge is 0.493 e. The molecule has 1 atom stereocenters. The van der Waals surface area contributed by atoms with Crippen LogP contribution in [0.1, 0.15) is 28.4 Å². The highest BCUT2D eigenvalue weighted by Crippen LogP contribution is 2.40. The molecule has 1 heterocycles. The van der Waals surface area contributed by atoms with E-state index in [-0.39, 0.29) is 6.42 Å². The van der Waals surface area contributed by atoms with Gasteiger partial charge in [0.1, 0.15) is 13.2 Å². The van der Waals surface area contributed by atoms with E-state index in [1.54, 1.807) is 36.4 Å². The first-order valence-corrected chi connectivity index (χ1v) is 8.13. The molecule has 0 aliphatic carbocycles. The van der Waals surface area contributed by atoms with Crippen LogP contribution in [-0.2, 0) is 4.79 Å². The third-order valence-electron chi connectivity index (χ3n) is 3.98. The van der Waals surface area contributed by atoms with Gasteiger partial charge in [-0.15, -0.1) is 0 Å². The molecule has 1 aliphatic heterocycles. The van der Waals surface area contributed by atoms with Gasteiger partial charge in [-0.3, -0.25) is 9.59 Å². The molecule has 1 amide bonds. The Morgan fingerprint density at radius 2 is 1.92 bits per heavy atom. The van der Waals surface area contributed by atoms with Gasteiger partial charge in [0.25, 0.3) is 5.91 Å². The summed E-state index contributed by atoms with van der Waals surface area (Å²) in [6, 6.07) is 11.4. The van der Waals surface area contributed by atoms with Gasteiger partial charge in [0.2, 0.25) is 5.75 Å². The van der Waals surface area contributed by atoms with Crippen molar-refractivity contribution in [1.82, 2.24) is 5.32 Å². The Morgan fingerprint density at radius 3 is 2.62 bits per heavy atom. The Labute approximate surface area is 150 Å². The summed E-state index contributed by atoms with van der Waals surface area (Å²) in [4.78, 5) is 23.9. The fraction of sp³-hybridized carbons (Fsp3) is 0.263. The molecule has 0 saturated heterocycles. The van der Waals surface area contributed by atoms with Crippen molar-refractivity contribution in [2.24, 2.45) is 0 Å². The van der Waals surface area contributed by atoms with E-state index >= 15 is 0 Å². The lowest BCUT2D eigenvalue weighted by Crippen LogP contribution is -2.30. The molecule has 0 radical (unpaired) electrons. The SMILES string of the molecule is COc1cc(C(=O)NC(CC(=O)O)c2ccccc2)cc2c1OCCO2. The van der Waals surface area contributed by atoms with Gasteiger partial charge in [0.15, 0.2) is 11.5 Å². The van der Waals surface area contributed by atoms with Crippen LogP contribution >= 0.6 is 0 Å². The van der Waals surface area contributed by atoms with Crippen LogP contribution in [0.25, 0.3) is 0 Å². The predicted molar refractivity (Wildman–Crippen MR) is 92.9 cm³/mol. The van der Waals surface area contributed by atoms with Crippen LogP contribution in [0.5, 0.6) is 17.2 Å². The van der Waals surface area contributed by atoms with Gasteiger partial charge in [-0.05, 0) is 17.7 Å². The Balaban J connectivity index is 1.86. The molecule has 0 bridgehead atoms. The van der Waals surface area contributed by atoms with E-state index in [2.05, 4.69) is 5.32 Å². The lowest BCUT2D eigenvalue weighted by molar-refractivity contribution is -0.137. The van der Waals surface area contributed by atoms with Crippen molar-refractivity contribution in [2.45, 2.75) is 12.5 Å². The average molecular weight is 357 g/mol. The minimum atomic E-state index is -1.00. The van der Waals surface area contributed by atoms with Crippen LogP contribution in [0.4, 0.5) is 0 Å². The van der Waals surface area contributed by atoms with E-state index in [0.717, 1.165) is 0 Å². The van der Waals surface area contributed by atoms with Gasteiger partial charge in [-0.25, -0.2) is 0 Å². The molecule has 0 saturated carbocycles. The normalized spacial score (nSPS) is 13.6. The quantitative estimate of drug-likeness (QED) is 0.825. The molecule has 2 N–H and O–H groups in total. The number of ether oxygens (including phenoxy) is 3. The minimum absolute atomic E-state index is 0.225. The van der Waals surface area contributed by atoms with Crippen LogP contribution < -0.4 is 19.5 Å². The number of benzene rings is 2. The molecule has 1 unspecified atom stereocenters. The number of hydrogen-bond donors (Lipinski definition) is 2. The van der Waals surface area contributed by atoms with Crippen molar-refractivity contribution >= 4 is 11.9 Å². The Morgan fingerprint density at radius 1 is 1.19 bits per heavy atom. The third kappa shape index (κ3) is 3.88. The predicted octanol–water partition coefficient (Wildman–Crippen LogP) is 2.41. The number of fused-ring (bicyclic) bond motifs is 1. The third-order valence-corrected chi connectivity index (χ3v) is 3.98. The van der Waals surface area contributed by atoms with Crippen LogP contribution in [-0.4, -0.2) is 37.3 Å². The maximum absolute atomic E-state index is 12.7. The average Bonchev–Trinajstić information content (AvgIpc) is 2.66. The highest BCUT2D eigenvalue weighted by atomic mass is 16.6. The van der Waals surface area contributed by atoms with E-state index in [4.69, 9.17) is 19.3 Å². The second-order valence-corrected chi connectivity index (χ2v) is 5.74. The smallest absolute Gasteiger partial charge is 0.305 e. The molecule has 26 heavy (non-hydrogen) atoms. The lowest BCUT2D eigenvalue weighted by atomic mass is 10.0. The topological polar surface area (TPSA) is 94.1 Å². The van der Waals surface area contributed by atoms with Crippen molar-refractivity contribution < 1.29 is 28.9 Å². The molecule has 2 aromatic carbocycles. The number of carboxylic acid groups (broad SMARTS) is 1. The minimum Gasteiger partial charge on any atom is -0.493 e. The van der Waals surface area contributed by atoms with E-state index < -0.39 is 17.9 Å². The Kier molecular flexibility index (Phi) is 5.26. The van der Waals surface area contributed by atoms with E-state index in [1.165, 1.54) is 7.11 Å². The molecule has 2 aromatic rings. The number of rotatable bonds is 6. The Hall–Kier alpha value is -3.22. The second-order valence-electron chi connectivity index (χ2n) is 5.74. The fourth-order valence-corrected chi connectivity index (χ4v) is 2.76. The van der Waals surface area contributed by atoms with Gasteiger partial charge >= 0.3 is 5.97 Å². The van der Waals surface area contributed by atoms with Crippen LogP contribution in [0, 0.1) is 0 Å². The molecule has 7 nitrogen and oxygen atoms in total. The molecule has 0 fully saturated rings. The van der Waals surface area contributed by atoms with Gasteiger partial charge in [0.05, 0.1) is 19.6 Å². The summed E-state index contributed by atoms with van der Waals surface area (Å²) in [5.41, 5.74) is 1.02. The molecule has 0 aromatic heterocycles. The number of methoxy groups -OCH3 is 1. The monoisotopic (exact) mass is 357 g/mol. The number of carbonyl (C=O) groups is 2. The standard InChI is InChI=1S/C19H19NO6/c1-24-15-9-13(10-16-18(15)26-8-7-25-16)19(23)20-14(11-17(21)22)12-5-3-2-4-6-12/h2-6,9-10,14H,7-8,11H2,1H3,(H,20,23)(H,21,22). The number of nitrogens with one attached hydrogen (secondary N) is 1. The summed E-state index contributed by atoms with van der Waals surface area (Å²) in [7, 11) is 1.48. The molecular weight excluding hydrogens is 338 g/mol. The molecule has 1 aliphatic rings. The number of hydrogen-bond acceptors (Lipinski definition) is 5. The first kappa shape index (κ1) is 17.6. The summed E-state index contributed by atoms with van der Waals surface area (Å²) < 4.78 is 16.3. The zero-order valence-corrected chi connectivity index (χ0v) is 14.2. The zero-order chi connectivity index (χ0) is 18.5. The van der Waals surface area contributed by atoms with Crippen molar-refractivity contribution in [2.75, 3.05) is 20.3 Å². The van der Waals surface area contributed by atoms with Crippen molar-refractivity contribution in [1.29, 1.82) is 0 Å². The van der Waals surface area contributed by atoms with E-state index in [9.17, 15) is 9.59 Å². The van der Waals surface area contributed by atoms with Crippen molar-refractivity contribution in [3.05, 3.63) is 53.6 Å². The van der Waals surface area contributed by atoms with Gasteiger partial charge < -0.3 is 24.6 Å². The molecule has 0 spiro atoms. The van der Waals surface area contributed by atoms with Crippen molar-refractivity contribution in [3.63, 3.8) is 0 Å². The summed E-state index contributed by atoms with van der Waals surface area (Å²) >= 11 is 0. The maximum Gasteiger partial charge on any atom is 0.305 e. The highest BCUT2D eigenvalue weighted by molar-refractivity contribution is 5.96. The number of carboxylic acids is 1. The first-order valence-electron chi connectivity index (χ1n) is 8.13. The van der Waals surface area contributed by atoms with E-state index in [0.29, 0.717) is 41.6 Å². The highest BCUT2D eigenvalue weighted by Gasteiger charge is 2.23. The van der Waals surface area contributed by atoms with Crippen LogP contribution in [0.2, 0.25) is 0 Å². The molecule has 7 heteroatoms. The van der Waals surface area contributed by atoms with Crippen molar-refractivity contribution in [3.8, 4) is 17.2 Å². The van der Waals surface area contributed by atoms with Gasteiger partial charge in [0, 0.05) is 5.56 Å². The second kappa shape index (κ2) is 7.77. The Bertz CT molecular complexity index is 788. The van der Waals surface area contributed by atoms with Gasteiger partial charge in [-0.1, -0.05) is 30.3 Å². The summed E-state index contributed by atoms with van der Waals surface area (Å²) in [6.45, 7) is 0.788. The molecule has 3 rings (SSSR count). The van der Waals surface area contributed by atoms with Gasteiger partial charge in [-0.2, -0.15) is 0 Å². The summed E-state index contributed by atoms with van der Waals surface area (Å²) in [5, 5.41) is 11.9. The number of aliphatic carboxylic acids is 1. The van der Waals surface area contributed by atoms with Crippen LogP contribution in [0.15, 0.2) is 42.5 Å². The van der Waals surface area contributed by atoms with E-state index in [1.807, 2.05) is 6.07 Å². The summed E-state index contributed by atoms with van der Waals surface area (Å²) in [5.74, 6) is -0.146. The fourth-order valence-electron chi connectivity index (χ4n) is 2.76.